The predicted molar refractivity (Wildman–Crippen MR) is 130 cm³/mol. The highest BCUT2D eigenvalue weighted by atomic mass is 32.2. The van der Waals surface area contributed by atoms with Gasteiger partial charge < -0.3 is 0 Å². The third kappa shape index (κ3) is 10.7. The van der Waals surface area contributed by atoms with Crippen LogP contribution in [0.15, 0.2) is 49.1 Å². The molecule has 0 fully saturated rings. The Morgan fingerprint density at radius 2 is 1.37 bits per heavy atom. The predicted octanol–water partition coefficient (Wildman–Crippen LogP) is 6.10. The molecule has 0 saturated carbocycles. The summed E-state index contributed by atoms with van der Waals surface area (Å²) < 4.78 is 0. The maximum absolute atomic E-state index is 4.17. The number of thioether (sulfide) groups is 4. The Labute approximate surface area is 181 Å². The van der Waals surface area contributed by atoms with Crippen LogP contribution in [0.1, 0.15) is 29.7 Å². The number of rotatable bonds is 15. The Bertz CT molecular complexity index is 583. The van der Waals surface area contributed by atoms with Crippen molar-refractivity contribution in [3.8, 4) is 0 Å². The van der Waals surface area contributed by atoms with Crippen molar-refractivity contribution in [1.29, 1.82) is 0 Å². The highest BCUT2D eigenvalue weighted by molar-refractivity contribution is 8.03. The summed E-state index contributed by atoms with van der Waals surface area (Å²) in [6.45, 7) is 2.24. The van der Waals surface area contributed by atoms with Crippen molar-refractivity contribution < 1.29 is 0 Å². The van der Waals surface area contributed by atoms with Crippen LogP contribution in [0.5, 0.6) is 0 Å². The Hall–Kier alpha value is -0.300. The molecular weight excluding hydrogens is 409 g/mol. The van der Waals surface area contributed by atoms with E-state index in [0.717, 1.165) is 6.42 Å². The van der Waals surface area contributed by atoms with Gasteiger partial charge in [0.25, 0.3) is 0 Å². The number of pyridine rings is 2. The molecule has 0 N–H and O–H groups in total. The summed E-state index contributed by atoms with van der Waals surface area (Å²) in [6.07, 6.45) is 10.0. The van der Waals surface area contributed by atoms with Crippen LogP contribution in [0.2, 0.25) is 0 Å². The number of hydrogen-bond donors (Lipinski definition) is 0. The fourth-order valence-corrected chi connectivity index (χ4v) is 6.92. The van der Waals surface area contributed by atoms with Gasteiger partial charge in [-0.05, 0) is 65.5 Å². The van der Waals surface area contributed by atoms with Crippen LogP contribution in [0.25, 0.3) is 0 Å². The maximum atomic E-state index is 4.17. The van der Waals surface area contributed by atoms with Crippen LogP contribution < -0.4 is 0 Å². The Morgan fingerprint density at radius 1 is 0.741 bits per heavy atom. The van der Waals surface area contributed by atoms with Gasteiger partial charge in [0.1, 0.15) is 0 Å². The average molecular weight is 439 g/mol. The van der Waals surface area contributed by atoms with Gasteiger partial charge in [0, 0.05) is 53.0 Å². The number of aryl methyl sites for hydroxylation is 1. The first-order valence-electron chi connectivity index (χ1n) is 9.53. The third-order valence-electron chi connectivity index (χ3n) is 4.01. The zero-order valence-corrected chi connectivity index (χ0v) is 19.4. The first kappa shape index (κ1) is 23.0. The summed E-state index contributed by atoms with van der Waals surface area (Å²) in [5.41, 5.74) is 2.83. The first-order valence-corrected chi connectivity index (χ1v) is 14.0. The summed E-state index contributed by atoms with van der Waals surface area (Å²) in [5.74, 6) is 8.65. The quantitative estimate of drug-likeness (QED) is 0.312. The van der Waals surface area contributed by atoms with E-state index in [2.05, 4.69) is 76.4 Å². The number of nitrogens with zero attached hydrogens (tertiary/aromatic N) is 2. The van der Waals surface area contributed by atoms with Gasteiger partial charge in [-0.25, -0.2) is 0 Å². The first-order chi connectivity index (χ1) is 13.4. The van der Waals surface area contributed by atoms with Crippen molar-refractivity contribution in [2.45, 2.75) is 25.0 Å². The van der Waals surface area contributed by atoms with Crippen LogP contribution in [-0.2, 0) is 6.42 Å². The van der Waals surface area contributed by atoms with E-state index < -0.39 is 0 Å². The lowest BCUT2D eigenvalue weighted by Gasteiger charge is -2.16. The van der Waals surface area contributed by atoms with Gasteiger partial charge >= 0.3 is 0 Å². The van der Waals surface area contributed by atoms with E-state index in [1.54, 1.807) is 0 Å². The fraction of sp³-hybridized carbons (Fsp3) is 0.524. The van der Waals surface area contributed by atoms with Crippen molar-refractivity contribution in [2.24, 2.45) is 0 Å². The van der Waals surface area contributed by atoms with Crippen molar-refractivity contribution in [3.05, 3.63) is 60.2 Å². The highest BCUT2D eigenvalue weighted by Gasteiger charge is 2.11. The molecule has 148 valence electrons. The number of hydrogen-bond acceptors (Lipinski definition) is 6. The van der Waals surface area contributed by atoms with E-state index in [9.17, 15) is 0 Å². The minimum Gasteiger partial charge on any atom is -0.265 e. The largest absolute Gasteiger partial charge is 0.265 e. The van der Waals surface area contributed by atoms with Crippen LogP contribution in [0.4, 0.5) is 0 Å². The molecule has 1 unspecified atom stereocenters. The van der Waals surface area contributed by atoms with Crippen LogP contribution >= 0.6 is 47.0 Å². The minimum atomic E-state index is 0.609. The molecule has 1 atom stereocenters. The van der Waals surface area contributed by atoms with Crippen molar-refractivity contribution in [3.63, 3.8) is 0 Å². The van der Waals surface area contributed by atoms with E-state index >= 15 is 0 Å². The summed E-state index contributed by atoms with van der Waals surface area (Å²) >= 11 is 8.32. The highest BCUT2D eigenvalue weighted by Crippen LogP contribution is 2.33. The molecule has 2 rings (SSSR count). The fourth-order valence-electron chi connectivity index (χ4n) is 2.57. The smallest absolute Gasteiger partial charge is 0.0306 e. The van der Waals surface area contributed by atoms with Crippen LogP contribution in [-0.4, -0.2) is 50.2 Å². The molecule has 2 aromatic heterocycles. The SMILES string of the molecule is CCSCCSC(CCSCCSCCc1ccncc1)c1ccncc1. The van der Waals surface area contributed by atoms with Crippen molar-refractivity contribution in [2.75, 3.05) is 40.3 Å². The maximum Gasteiger partial charge on any atom is 0.0306 e. The Morgan fingerprint density at radius 3 is 2.07 bits per heavy atom. The Balaban J connectivity index is 1.57. The molecule has 0 spiro atoms. The molecule has 27 heavy (non-hydrogen) atoms. The van der Waals surface area contributed by atoms with Gasteiger partial charge in [-0.1, -0.05) is 6.92 Å². The van der Waals surface area contributed by atoms with E-state index in [1.807, 2.05) is 36.5 Å². The standard InChI is InChI=1S/C21H30N2S4/c1-2-24-17-18-27-21(20-5-11-23-12-6-20)8-14-26-16-15-25-13-7-19-3-9-22-10-4-19/h3-6,9-12,21H,2,7-8,13-18H2,1H3. The second-order valence-electron chi connectivity index (χ2n) is 5.96. The Kier molecular flexibility index (Phi) is 13.3. The molecule has 2 aromatic rings. The summed E-state index contributed by atoms with van der Waals surface area (Å²) in [6, 6.07) is 8.60. The molecule has 0 aliphatic carbocycles. The zero-order valence-electron chi connectivity index (χ0n) is 16.1. The van der Waals surface area contributed by atoms with Gasteiger partial charge in [-0.2, -0.15) is 47.0 Å². The van der Waals surface area contributed by atoms with Crippen molar-refractivity contribution >= 4 is 47.0 Å². The van der Waals surface area contributed by atoms with Gasteiger partial charge in [0.2, 0.25) is 0 Å². The van der Waals surface area contributed by atoms with E-state index in [0.29, 0.717) is 5.25 Å². The van der Waals surface area contributed by atoms with Gasteiger partial charge in [-0.3, -0.25) is 9.97 Å². The molecule has 2 heterocycles. The molecule has 0 aliphatic rings. The summed E-state index contributed by atoms with van der Waals surface area (Å²) in [4.78, 5) is 8.24. The molecule has 6 heteroatoms. The second kappa shape index (κ2) is 15.6. The van der Waals surface area contributed by atoms with Gasteiger partial charge in [0.05, 0.1) is 0 Å². The second-order valence-corrected chi connectivity index (χ2v) is 11.1. The minimum absolute atomic E-state index is 0.609. The summed E-state index contributed by atoms with van der Waals surface area (Å²) in [7, 11) is 0. The lowest BCUT2D eigenvalue weighted by atomic mass is 10.1. The zero-order chi connectivity index (χ0) is 19.0. The molecule has 0 aliphatic heterocycles. The molecule has 0 radical (unpaired) electrons. The third-order valence-corrected chi connectivity index (χ3v) is 8.78. The van der Waals surface area contributed by atoms with Gasteiger partial charge in [-0.15, -0.1) is 0 Å². The molecular formula is C21H30N2S4. The molecule has 2 nitrogen and oxygen atoms in total. The normalized spacial score (nSPS) is 12.2. The van der Waals surface area contributed by atoms with E-state index in [1.165, 1.54) is 57.8 Å². The molecule has 0 saturated heterocycles. The lowest BCUT2D eigenvalue weighted by molar-refractivity contribution is 0.903. The lowest BCUT2D eigenvalue weighted by Crippen LogP contribution is -2.00. The summed E-state index contributed by atoms with van der Waals surface area (Å²) in [5, 5.41) is 0.609. The van der Waals surface area contributed by atoms with Gasteiger partial charge in [0.15, 0.2) is 0 Å². The van der Waals surface area contributed by atoms with E-state index in [4.69, 9.17) is 0 Å². The molecule has 0 amide bonds. The van der Waals surface area contributed by atoms with E-state index in [-0.39, 0.29) is 0 Å². The van der Waals surface area contributed by atoms with Crippen molar-refractivity contribution in [1.82, 2.24) is 9.97 Å². The molecule has 0 aromatic carbocycles. The van der Waals surface area contributed by atoms with Crippen LogP contribution in [0, 0.1) is 0 Å². The number of aromatic nitrogens is 2. The molecule has 0 bridgehead atoms. The monoisotopic (exact) mass is 438 g/mol. The van der Waals surface area contributed by atoms with Crippen LogP contribution in [0.3, 0.4) is 0 Å². The topological polar surface area (TPSA) is 25.8 Å². The average Bonchev–Trinajstić information content (AvgIpc) is 2.73.